The number of carbonyl (C=O) groups excluding carboxylic acids is 2. The van der Waals surface area contributed by atoms with Gasteiger partial charge in [0.05, 0.1) is 35.3 Å². The second-order valence-electron chi connectivity index (χ2n) is 6.61. The Labute approximate surface area is 173 Å². The van der Waals surface area contributed by atoms with Crippen molar-refractivity contribution in [3.8, 4) is 0 Å². The van der Waals surface area contributed by atoms with Gasteiger partial charge in [0, 0.05) is 8.96 Å². The number of hydrogen-bond acceptors (Lipinski definition) is 5. The van der Waals surface area contributed by atoms with Crippen molar-refractivity contribution in [3.63, 3.8) is 0 Å². The molecule has 0 radical (unpaired) electrons. The summed E-state index contributed by atoms with van der Waals surface area (Å²) < 4.78 is 21.5. The second-order valence-corrected chi connectivity index (χ2v) is 7.85. The number of carbonyl (C=O) groups is 2. The third-order valence-electron chi connectivity index (χ3n) is 4.52. The molecular weight excluding hydrogens is 478 g/mol. The Morgan fingerprint density at radius 1 is 1.32 bits per heavy atom. The normalized spacial score (nSPS) is 13.5. The monoisotopic (exact) mass is 494 g/mol. The first-order valence-electron chi connectivity index (χ1n) is 8.64. The lowest BCUT2D eigenvalue weighted by Gasteiger charge is -2.14. The summed E-state index contributed by atoms with van der Waals surface area (Å²) in [5, 5.41) is 7.39. The molecule has 1 fully saturated rings. The van der Waals surface area contributed by atoms with Gasteiger partial charge >= 0.3 is 12.0 Å². The fourth-order valence-corrected chi connectivity index (χ4v) is 3.32. The topological polar surface area (TPSA) is 99.2 Å². The Morgan fingerprint density at radius 3 is 2.79 bits per heavy atom. The quantitative estimate of drug-likeness (QED) is 0.413. The van der Waals surface area contributed by atoms with Crippen molar-refractivity contribution in [2.75, 3.05) is 11.9 Å². The van der Waals surface area contributed by atoms with Gasteiger partial charge in [0.25, 0.3) is 0 Å². The van der Waals surface area contributed by atoms with E-state index in [1.807, 2.05) is 22.6 Å². The lowest BCUT2D eigenvalue weighted by Crippen LogP contribution is -2.20. The van der Waals surface area contributed by atoms with Crippen LogP contribution in [0.2, 0.25) is 0 Å². The maximum atomic E-state index is 14.4. The van der Waals surface area contributed by atoms with E-state index in [4.69, 9.17) is 10.5 Å². The van der Waals surface area contributed by atoms with Crippen LogP contribution in [0.15, 0.2) is 36.5 Å². The fourth-order valence-electron chi connectivity index (χ4n) is 2.86. The van der Waals surface area contributed by atoms with Crippen LogP contribution in [0.1, 0.15) is 23.2 Å². The number of anilines is 2. The molecule has 4 rings (SSSR count). The van der Waals surface area contributed by atoms with Crippen LogP contribution in [-0.4, -0.2) is 28.4 Å². The minimum atomic E-state index is -0.759. The first-order valence-corrected chi connectivity index (χ1v) is 9.71. The molecule has 1 aliphatic rings. The maximum absolute atomic E-state index is 14.4. The van der Waals surface area contributed by atoms with Crippen LogP contribution in [0.25, 0.3) is 10.9 Å². The molecule has 0 aliphatic heterocycles. The molecule has 3 aromatic rings. The summed E-state index contributed by atoms with van der Waals surface area (Å²) >= 11 is 2.01. The number of rotatable bonds is 5. The summed E-state index contributed by atoms with van der Waals surface area (Å²) in [6.07, 6.45) is 3.51. The highest BCUT2D eigenvalue weighted by molar-refractivity contribution is 14.1. The van der Waals surface area contributed by atoms with Crippen molar-refractivity contribution in [2.24, 2.45) is 11.7 Å². The molecule has 1 saturated carbocycles. The van der Waals surface area contributed by atoms with E-state index in [1.54, 1.807) is 18.2 Å². The molecule has 7 nitrogen and oxygen atoms in total. The number of amides is 1. The van der Waals surface area contributed by atoms with E-state index in [-0.39, 0.29) is 11.3 Å². The number of ether oxygens (including phenoxy) is 1. The molecule has 0 bridgehead atoms. The molecule has 1 aromatic heterocycles. The van der Waals surface area contributed by atoms with Crippen molar-refractivity contribution in [2.45, 2.75) is 12.8 Å². The predicted octanol–water partition coefficient (Wildman–Crippen LogP) is 4.02. The predicted molar refractivity (Wildman–Crippen MR) is 110 cm³/mol. The van der Waals surface area contributed by atoms with Gasteiger partial charge in [0.1, 0.15) is 5.82 Å². The van der Waals surface area contributed by atoms with Crippen LogP contribution in [-0.2, 0) is 4.74 Å². The van der Waals surface area contributed by atoms with Gasteiger partial charge in [0.2, 0.25) is 0 Å². The molecule has 28 heavy (non-hydrogen) atoms. The molecule has 0 saturated heterocycles. The molecule has 144 valence electrons. The first-order chi connectivity index (χ1) is 13.4. The number of halogens is 2. The highest BCUT2D eigenvalue weighted by Crippen LogP contribution is 2.33. The molecule has 0 spiro atoms. The van der Waals surface area contributed by atoms with E-state index in [0.717, 1.165) is 21.1 Å². The van der Waals surface area contributed by atoms with E-state index in [2.05, 4.69) is 10.4 Å². The van der Waals surface area contributed by atoms with Gasteiger partial charge in [-0.15, -0.1) is 0 Å². The van der Waals surface area contributed by atoms with Crippen molar-refractivity contribution in [1.29, 1.82) is 0 Å². The smallest absolute Gasteiger partial charge is 0.340 e. The summed E-state index contributed by atoms with van der Waals surface area (Å²) in [6, 6.07) is 7.02. The number of nitrogens with two attached hydrogens (primary N) is 1. The lowest BCUT2D eigenvalue weighted by molar-refractivity contribution is 0.0487. The van der Waals surface area contributed by atoms with Crippen LogP contribution >= 0.6 is 22.6 Å². The summed E-state index contributed by atoms with van der Waals surface area (Å²) in [5.41, 5.74) is 6.48. The number of nitrogens with one attached hydrogen (secondary N) is 1. The van der Waals surface area contributed by atoms with Crippen LogP contribution in [0.5, 0.6) is 0 Å². The zero-order valence-corrected chi connectivity index (χ0v) is 16.8. The third-order valence-corrected chi connectivity index (χ3v) is 5.19. The summed E-state index contributed by atoms with van der Waals surface area (Å²) in [5.74, 6) is -0.576. The highest BCUT2D eigenvalue weighted by Gasteiger charge is 2.25. The van der Waals surface area contributed by atoms with Crippen molar-refractivity contribution in [1.82, 2.24) is 9.78 Å². The SMILES string of the molecule is NC(=O)n1ncc2c(Nc3ccc(I)cc3F)c(C(=O)OCC3CC3)ccc21. The zero-order chi connectivity index (χ0) is 19.8. The number of nitrogens with zero attached hydrogens (tertiary/aromatic N) is 2. The fraction of sp³-hybridized carbons (Fsp3) is 0.211. The standard InChI is InChI=1S/C19H16FIN4O3/c20-14-7-11(21)3-5-15(14)24-17-12(18(26)28-9-10-1-2-10)4-6-16-13(17)8-23-25(16)19(22)27/h3-8,10,24H,1-2,9H2,(H2,22,27). The number of hydrogen-bond donors (Lipinski definition) is 2. The van der Waals surface area contributed by atoms with Crippen LogP contribution in [0.3, 0.4) is 0 Å². The molecule has 9 heteroatoms. The second kappa shape index (κ2) is 7.38. The molecule has 3 N–H and O–H groups in total. The van der Waals surface area contributed by atoms with Gasteiger partial charge in [-0.25, -0.2) is 14.0 Å². The largest absolute Gasteiger partial charge is 0.462 e. The Kier molecular flexibility index (Phi) is 4.92. The molecule has 0 unspecified atom stereocenters. The maximum Gasteiger partial charge on any atom is 0.340 e. The van der Waals surface area contributed by atoms with E-state index in [1.165, 1.54) is 18.3 Å². The Bertz CT molecular complexity index is 1090. The number of benzene rings is 2. The number of esters is 1. The van der Waals surface area contributed by atoms with Gasteiger partial charge in [-0.1, -0.05) is 0 Å². The van der Waals surface area contributed by atoms with E-state index >= 15 is 0 Å². The van der Waals surface area contributed by atoms with Gasteiger partial charge in [0.15, 0.2) is 0 Å². The molecule has 1 heterocycles. The molecule has 1 amide bonds. The minimum absolute atomic E-state index is 0.191. The summed E-state index contributed by atoms with van der Waals surface area (Å²) in [4.78, 5) is 24.2. The van der Waals surface area contributed by atoms with Gasteiger partial charge < -0.3 is 15.8 Å². The van der Waals surface area contributed by atoms with E-state index < -0.39 is 17.8 Å². The molecular formula is C19H16FIN4O3. The highest BCUT2D eigenvalue weighted by atomic mass is 127. The van der Waals surface area contributed by atoms with Crippen LogP contribution < -0.4 is 11.1 Å². The molecule has 1 aliphatic carbocycles. The average Bonchev–Trinajstić information content (AvgIpc) is 3.38. The first kappa shape index (κ1) is 18.7. The summed E-state index contributed by atoms with van der Waals surface area (Å²) in [7, 11) is 0. The minimum Gasteiger partial charge on any atom is -0.462 e. The van der Waals surface area contributed by atoms with Crippen molar-refractivity contribution in [3.05, 3.63) is 51.5 Å². The molecule has 0 atom stereocenters. The van der Waals surface area contributed by atoms with Crippen LogP contribution in [0.4, 0.5) is 20.6 Å². The number of fused-ring (bicyclic) bond motifs is 1. The van der Waals surface area contributed by atoms with Crippen molar-refractivity contribution >= 4 is 56.9 Å². The number of aromatic nitrogens is 2. The Hall–Kier alpha value is -2.69. The van der Waals surface area contributed by atoms with Gasteiger partial charge in [-0.3, -0.25) is 0 Å². The average molecular weight is 494 g/mol. The summed E-state index contributed by atoms with van der Waals surface area (Å²) in [6.45, 7) is 0.356. The number of primary amides is 1. The lowest BCUT2D eigenvalue weighted by atomic mass is 10.1. The molecule has 2 aromatic carbocycles. The Morgan fingerprint density at radius 2 is 2.11 bits per heavy atom. The zero-order valence-electron chi connectivity index (χ0n) is 14.6. The van der Waals surface area contributed by atoms with E-state index in [0.29, 0.717) is 29.1 Å². The van der Waals surface area contributed by atoms with Crippen LogP contribution in [0, 0.1) is 15.3 Å². The Balaban J connectivity index is 1.79. The third kappa shape index (κ3) is 3.66. The van der Waals surface area contributed by atoms with Gasteiger partial charge in [-0.2, -0.15) is 9.78 Å². The van der Waals surface area contributed by atoms with E-state index in [9.17, 15) is 14.0 Å². The van der Waals surface area contributed by atoms with Gasteiger partial charge in [-0.05, 0) is 71.7 Å². The van der Waals surface area contributed by atoms with Crippen molar-refractivity contribution < 1.29 is 18.7 Å².